The fourth-order valence-corrected chi connectivity index (χ4v) is 6.71. The molecule has 2 heterocycles. The van der Waals surface area contributed by atoms with Crippen molar-refractivity contribution in [2.75, 3.05) is 31.2 Å². The Bertz CT molecular complexity index is 1120. The summed E-state index contributed by atoms with van der Waals surface area (Å²) in [6, 6.07) is 19.6. The van der Waals surface area contributed by atoms with Crippen molar-refractivity contribution in [1.29, 1.82) is 0 Å². The van der Waals surface area contributed by atoms with Crippen LogP contribution in [-0.2, 0) is 22.3 Å². The summed E-state index contributed by atoms with van der Waals surface area (Å²) in [5.74, 6) is 2.06. The van der Waals surface area contributed by atoms with E-state index >= 15 is 0 Å². The number of rotatable bonds is 4. The average Bonchev–Trinajstić information content (AvgIpc) is 2.89. The van der Waals surface area contributed by atoms with Crippen LogP contribution in [0, 0.1) is 0 Å². The molecule has 1 aromatic heterocycles. The Morgan fingerprint density at radius 1 is 0.879 bits per heavy atom. The number of hydrogen-bond donors (Lipinski definition) is 0. The fourth-order valence-electron chi connectivity index (χ4n) is 5.92. The van der Waals surface area contributed by atoms with Gasteiger partial charge in [0.15, 0.2) is 5.16 Å². The molecule has 1 saturated heterocycles. The van der Waals surface area contributed by atoms with Gasteiger partial charge in [-0.15, -0.1) is 0 Å². The molecule has 3 aliphatic rings. The predicted octanol–water partition coefficient (Wildman–Crippen LogP) is 6.03. The Morgan fingerprint density at radius 2 is 1.64 bits per heavy atom. The molecular weight excluding hydrogens is 426 g/mol. The van der Waals surface area contributed by atoms with Crippen LogP contribution in [0.2, 0.25) is 0 Å². The number of anilines is 1. The summed E-state index contributed by atoms with van der Waals surface area (Å²) in [4.78, 5) is 13.0. The van der Waals surface area contributed by atoms with Crippen LogP contribution in [0.15, 0.2) is 59.8 Å². The highest BCUT2D eigenvalue weighted by Crippen LogP contribution is 2.53. The van der Waals surface area contributed by atoms with E-state index in [2.05, 4.69) is 59.5 Å². The molecular formula is C28H31N3OS. The second kappa shape index (κ2) is 9.11. The van der Waals surface area contributed by atoms with Gasteiger partial charge < -0.3 is 9.64 Å². The topological polar surface area (TPSA) is 38.2 Å². The summed E-state index contributed by atoms with van der Waals surface area (Å²) >= 11 is 1.75. The SMILES string of the molecule is c1ccc(CSc2nc3c(c(N4CCOCC4)n2)C2(CCCCC2)Cc2ccccc2-3)cc1. The number of benzene rings is 2. The van der Waals surface area contributed by atoms with Gasteiger partial charge in [-0.25, -0.2) is 9.97 Å². The minimum absolute atomic E-state index is 0.165. The third kappa shape index (κ3) is 4.06. The largest absolute Gasteiger partial charge is 0.378 e. The lowest BCUT2D eigenvalue weighted by molar-refractivity contribution is 0.122. The molecule has 0 N–H and O–H groups in total. The number of hydrogen-bond acceptors (Lipinski definition) is 5. The molecule has 0 unspecified atom stereocenters. The molecule has 0 radical (unpaired) electrons. The second-order valence-corrected chi connectivity index (χ2v) is 10.5. The number of ether oxygens (including phenoxy) is 1. The van der Waals surface area contributed by atoms with E-state index in [-0.39, 0.29) is 5.41 Å². The van der Waals surface area contributed by atoms with E-state index in [1.165, 1.54) is 65.9 Å². The second-order valence-electron chi connectivity index (χ2n) is 9.60. The standard InChI is InChI=1S/C28H31N3OS/c1-3-9-21(10-4-1)20-33-27-29-25-23-12-6-5-11-22(23)19-28(13-7-2-8-14-28)24(25)26(30-27)31-15-17-32-18-16-31/h1,3-6,9-12H,2,7-8,13-20H2. The van der Waals surface area contributed by atoms with E-state index in [9.17, 15) is 0 Å². The lowest BCUT2D eigenvalue weighted by Crippen LogP contribution is -2.42. The maximum Gasteiger partial charge on any atom is 0.190 e. The van der Waals surface area contributed by atoms with E-state index in [1.807, 2.05) is 0 Å². The Labute approximate surface area is 200 Å². The highest BCUT2D eigenvalue weighted by Gasteiger charge is 2.44. The molecule has 0 atom stereocenters. The molecule has 1 spiro atoms. The Kier molecular flexibility index (Phi) is 5.85. The van der Waals surface area contributed by atoms with Crippen LogP contribution < -0.4 is 4.90 Å². The molecule has 5 heteroatoms. The summed E-state index contributed by atoms with van der Waals surface area (Å²) in [7, 11) is 0. The molecule has 3 aromatic rings. The molecule has 1 saturated carbocycles. The Hall–Kier alpha value is -2.37. The van der Waals surface area contributed by atoms with Gasteiger partial charge in [-0.05, 0) is 30.4 Å². The van der Waals surface area contributed by atoms with Crippen LogP contribution in [0.1, 0.15) is 48.8 Å². The van der Waals surface area contributed by atoms with Gasteiger partial charge >= 0.3 is 0 Å². The van der Waals surface area contributed by atoms with E-state index in [1.54, 1.807) is 11.8 Å². The van der Waals surface area contributed by atoms with Crippen molar-refractivity contribution in [3.63, 3.8) is 0 Å². The average molecular weight is 458 g/mol. The summed E-state index contributed by atoms with van der Waals surface area (Å²) in [6.07, 6.45) is 7.55. The molecule has 1 aliphatic heterocycles. The first-order valence-corrected chi connectivity index (χ1v) is 13.3. The summed E-state index contributed by atoms with van der Waals surface area (Å²) < 4.78 is 5.70. The van der Waals surface area contributed by atoms with E-state index in [0.717, 1.165) is 43.6 Å². The van der Waals surface area contributed by atoms with Crippen LogP contribution >= 0.6 is 11.8 Å². The smallest absolute Gasteiger partial charge is 0.190 e. The third-order valence-corrected chi connectivity index (χ3v) is 8.45. The number of thioether (sulfide) groups is 1. The van der Waals surface area contributed by atoms with Gasteiger partial charge in [0.25, 0.3) is 0 Å². The van der Waals surface area contributed by atoms with Crippen LogP contribution in [0.4, 0.5) is 5.82 Å². The van der Waals surface area contributed by atoms with Gasteiger partial charge in [-0.1, -0.05) is 85.6 Å². The van der Waals surface area contributed by atoms with Gasteiger partial charge in [0.2, 0.25) is 0 Å². The Morgan fingerprint density at radius 3 is 2.45 bits per heavy atom. The van der Waals surface area contributed by atoms with E-state index < -0.39 is 0 Å². The van der Waals surface area contributed by atoms with Crippen molar-refractivity contribution in [3.8, 4) is 11.3 Å². The summed E-state index contributed by atoms with van der Waals surface area (Å²) in [5, 5.41) is 0.891. The van der Waals surface area contributed by atoms with E-state index in [0.29, 0.717) is 0 Å². The molecule has 2 aromatic carbocycles. The summed E-state index contributed by atoms with van der Waals surface area (Å²) in [6.45, 7) is 3.36. The first-order valence-electron chi connectivity index (χ1n) is 12.3. The normalized spacial score (nSPS) is 19.2. The van der Waals surface area contributed by atoms with Gasteiger partial charge in [0.1, 0.15) is 5.82 Å². The van der Waals surface area contributed by atoms with Crippen molar-refractivity contribution >= 4 is 17.6 Å². The minimum atomic E-state index is 0.165. The highest BCUT2D eigenvalue weighted by molar-refractivity contribution is 7.98. The van der Waals surface area contributed by atoms with Crippen LogP contribution in [0.5, 0.6) is 0 Å². The lowest BCUT2D eigenvalue weighted by Gasteiger charge is -2.44. The molecule has 33 heavy (non-hydrogen) atoms. The first-order chi connectivity index (χ1) is 16.3. The van der Waals surface area contributed by atoms with Gasteiger partial charge in [-0.2, -0.15) is 0 Å². The van der Waals surface area contributed by atoms with Crippen LogP contribution in [-0.4, -0.2) is 36.3 Å². The lowest BCUT2D eigenvalue weighted by atomic mass is 9.62. The fraction of sp³-hybridized carbons (Fsp3) is 0.429. The quantitative estimate of drug-likeness (QED) is 0.353. The molecule has 0 bridgehead atoms. The first kappa shape index (κ1) is 21.2. The van der Waals surface area contributed by atoms with Crippen LogP contribution in [0.25, 0.3) is 11.3 Å². The Balaban J connectivity index is 1.49. The zero-order chi connectivity index (χ0) is 22.1. The zero-order valence-corrected chi connectivity index (χ0v) is 19.9. The number of aromatic nitrogens is 2. The maximum absolute atomic E-state index is 5.70. The molecule has 6 rings (SSSR count). The molecule has 170 valence electrons. The van der Waals surface area contributed by atoms with Gasteiger partial charge in [0, 0.05) is 35.4 Å². The molecule has 4 nitrogen and oxygen atoms in total. The maximum atomic E-state index is 5.70. The van der Waals surface area contributed by atoms with Crippen molar-refractivity contribution in [3.05, 3.63) is 71.3 Å². The van der Waals surface area contributed by atoms with Crippen molar-refractivity contribution in [2.45, 2.75) is 54.8 Å². The van der Waals surface area contributed by atoms with Crippen LogP contribution in [0.3, 0.4) is 0 Å². The monoisotopic (exact) mass is 457 g/mol. The molecule has 2 fully saturated rings. The third-order valence-electron chi connectivity index (χ3n) is 7.53. The van der Waals surface area contributed by atoms with Gasteiger partial charge in [-0.3, -0.25) is 0 Å². The summed E-state index contributed by atoms with van der Waals surface area (Å²) in [5.41, 5.74) is 6.84. The zero-order valence-electron chi connectivity index (χ0n) is 19.1. The predicted molar refractivity (Wildman–Crippen MR) is 135 cm³/mol. The number of nitrogens with zero attached hydrogens (tertiary/aromatic N) is 3. The van der Waals surface area contributed by atoms with E-state index in [4.69, 9.17) is 14.7 Å². The highest BCUT2D eigenvalue weighted by atomic mass is 32.2. The number of fused-ring (bicyclic) bond motifs is 4. The molecule has 2 aliphatic carbocycles. The number of morpholine rings is 1. The minimum Gasteiger partial charge on any atom is -0.378 e. The van der Waals surface area contributed by atoms with Crippen molar-refractivity contribution < 1.29 is 4.74 Å². The molecule has 0 amide bonds. The van der Waals surface area contributed by atoms with Crippen molar-refractivity contribution in [1.82, 2.24) is 9.97 Å². The van der Waals surface area contributed by atoms with Crippen molar-refractivity contribution in [2.24, 2.45) is 0 Å². The van der Waals surface area contributed by atoms with Gasteiger partial charge in [0.05, 0.1) is 18.9 Å².